The summed E-state index contributed by atoms with van der Waals surface area (Å²) in [5.41, 5.74) is -0.0882. The van der Waals surface area contributed by atoms with E-state index in [9.17, 15) is 15.0 Å². The van der Waals surface area contributed by atoms with Gasteiger partial charge in [-0.3, -0.25) is 0 Å². The van der Waals surface area contributed by atoms with Crippen molar-refractivity contribution in [2.75, 3.05) is 0 Å². The molecular formula is C9H16O6. The molecule has 0 bridgehead atoms. The van der Waals surface area contributed by atoms with Gasteiger partial charge in [0.1, 0.15) is 0 Å². The lowest BCUT2D eigenvalue weighted by molar-refractivity contribution is -0.445. The van der Waals surface area contributed by atoms with Gasteiger partial charge >= 0.3 is 11.9 Å². The summed E-state index contributed by atoms with van der Waals surface area (Å²) in [5, 5.41) is 36.8. The van der Waals surface area contributed by atoms with E-state index in [0.717, 1.165) is 0 Å². The van der Waals surface area contributed by atoms with E-state index in [1.807, 2.05) is 0 Å². The van der Waals surface area contributed by atoms with Gasteiger partial charge < -0.3 is 25.2 Å². The molecule has 0 fully saturated rings. The Balaban J connectivity index is 4.67. The molecule has 15 heavy (non-hydrogen) atoms. The summed E-state index contributed by atoms with van der Waals surface area (Å²) in [6, 6.07) is 0. The molecule has 0 unspecified atom stereocenters. The van der Waals surface area contributed by atoms with Gasteiger partial charge in [0.25, 0.3) is 5.79 Å². The summed E-state index contributed by atoms with van der Waals surface area (Å²) in [4.78, 5) is 10.9. The van der Waals surface area contributed by atoms with Gasteiger partial charge in [-0.2, -0.15) is 0 Å². The van der Waals surface area contributed by atoms with E-state index in [1.165, 1.54) is 6.92 Å². The van der Waals surface area contributed by atoms with Crippen LogP contribution in [0.2, 0.25) is 0 Å². The quantitative estimate of drug-likeness (QED) is 0.275. The van der Waals surface area contributed by atoms with Crippen molar-refractivity contribution < 1.29 is 30.0 Å². The highest BCUT2D eigenvalue weighted by Crippen LogP contribution is 2.24. The van der Waals surface area contributed by atoms with Crippen LogP contribution in [0, 0.1) is 0 Å². The first-order valence-corrected chi connectivity index (χ1v) is 4.42. The van der Waals surface area contributed by atoms with Crippen molar-refractivity contribution in [3.8, 4) is 0 Å². The SMILES string of the molecule is C=C(C)C(=O)OC(O)(O)C(O)(O)CCC. The lowest BCUT2D eigenvalue weighted by Crippen LogP contribution is -2.57. The van der Waals surface area contributed by atoms with E-state index < -0.39 is 17.7 Å². The van der Waals surface area contributed by atoms with Crippen LogP contribution in [0.1, 0.15) is 26.7 Å². The Labute approximate surface area is 87.4 Å². The zero-order valence-electron chi connectivity index (χ0n) is 8.73. The van der Waals surface area contributed by atoms with Crippen LogP contribution < -0.4 is 0 Å². The second-order valence-electron chi connectivity index (χ2n) is 3.34. The fraction of sp³-hybridized carbons (Fsp3) is 0.667. The fourth-order valence-corrected chi connectivity index (χ4v) is 0.810. The maximum absolute atomic E-state index is 10.9. The Morgan fingerprint density at radius 3 is 2.13 bits per heavy atom. The first kappa shape index (κ1) is 14.1. The van der Waals surface area contributed by atoms with Gasteiger partial charge in [0.05, 0.1) is 0 Å². The van der Waals surface area contributed by atoms with Gasteiger partial charge in [0, 0.05) is 12.0 Å². The molecule has 0 aromatic rings. The summed E-state index contributed by atoms with van der Waals surface area (Å²) in [7, 11) is 0. The van der Waals surface area contributed by atoms with Crippen LogP contribution >= 0.6 is 0 Å². The number of hydrogen-bond acceptors (Lipinski definition) is 6. The van der Waals surface area contributed by atoms with Gasteiger partial charge in [-0.25, -0.2) is 4.79 Å². The highest BCUT2D eigenvalue weighted by atomic mass is 16.8. The third-order valence-electron chi connectivity index (χ3n) is 1.70. The average Bonchev–Trinajstić information content (AvgIpc) is 2.02. The molecule has 4 N–H and O–H groups in total. The van der Waals surface area contributed by atoms with E-state index in [2.05, 4.69) is 11.3 Å². The van der Waals surface area contributed by atoms with Crippen molar-refractivity contribution in [1.29, 1.82) is 0 Å². The topological polar surface area (TPSA) is 107 Å². The summed E-state index contributed by atoms with van der Waals surface area (Å²) in [5.74, 6) is -7.38. The number of esters is 1. The molecule has 0 aliphatic rings. The molecule has 0 saturated heterocycles. The molecule has 0 saturated carbocycles. The maximum Gasteiger partial charge on any atom is 0.381 e. The van der Waals surface area contributed by atoms with Crippen LogP contribution in [0.4, 0.5) is 0 Å². The molecule has 0 atom stereocenters. The van der Waals surface area contributed by atoms with Crippen molar-refractivity contribution >= 4 is 5.97 Å². The molecule has 0 aromatic carbocycles. The molecule has 6 heteroatoms. The van der Waals surface area contributed by atoms with Crippen LogP contribution in [0.5, 0.6) is 0 Å². The summed E-state index contributed by atoms with van der Waals surface area (Å²) in [6.45, 7) is 6.09. The van der Waals surface area contributed by atoms with Gasteiger partial charge in [-0.05, 0) is 6.92 Å². The average molecular weight is 220 g/mol. The van der Waals surface area contributed by atoms with Crippen molar-refractivity contribution in [2.45, 2.75) is 38.4 Å². The fourth-order valence-electron chi connectivity index (χ4n) is 0.810. The second kappa shape index (κ2) is 4.71. The number of aliphatic hydroxyl groups is 4. The third kappa shape index (κ3) is 3.60. The lowest BCUT2D eigenvalue weighted by atomic mass is 10.1. The first-order chi connectivity index (χ1) is 6.64. The van der Waals surface area contributed by atoms with Crippen LogP contribution in [0.15, 0.2) is 12.2 Å². The van der Waals surface area contributed by atoms with E-state index in [0.29, 0.717) is 0 Å². The van der Waals surface area contributed by atoms with Crippen LogP contribution in [-0.2, 0) is 9.53 Å². The van der Waals surface area contributed by atoms with Crippen molar-refractivity contribution in [2.24, 2.45) is 0 Å². The van der Waals surface area contributed by atoms with Gasteiger partial charge in [-0.15, -0.1) is 0 Å². The summed E-state index contributed by atoms with van der Waals surface area (Å²) >= 11 is 0. The van der Waals surface area contributed by atoms with Gasteiger partial charge in [0.2, 0.25) is 0 Å². The minimum atomic E-state index is -3.35. The molecule has 88 valence electrons. The highest BCUT2D eigenvalue weighted by molar-refractivity contribution is 5.87. The van der Waals surface area contributed by atoms with Crippen LogP contribution in [-0.4, -0.2) is 38.2 Å². The molecule has 0 radical (unpaired) electrons. The molecule has 0 amide bonds. The number of hydrogen-bond donors (Lipinski definition) is 4. The molecule has 0 rings (SSSR count). The van der Waals surface area contributed by atoms with E-state index in [-0.39, 0.29) is 18.4 Å². The zero-order chi connectivity index (χ0) is 12.3. The molecule has 0 aromatic heterocycles. The van der Waals surface area contributed by atoms with Gasteiger partial charge in [0.15, 0.2) is 0 Å². The largest absolute Gasteiger partial charge is 0.400 e. The van der Waals surface area contributed by atoms with Gasteiger partial charge in [-0.1, -0.05) is 19.9 Å². The number of rotatable bonds is 5. The number of carbonyl (C=O) groups excluding carboxylic acids is 1. The Morgan fingerprint density at radius 2 is 1.80 bits per heavy atom. The minimum absolute atomic E-state index is 0.0882. The normalized spacial score (nSPS) is 12.4. The van der Waals surface area contributed by atoms with E-state index in [4.69, 9.17) is 10.2 Å². The Hall–Kier alpha value is -0.950. The van der Waals surface area contributed by atoms with Crippen molar-refractivity contribution in [3.63, 3.8) is 0 Å². The molecule has 0 aliphatic carbocycles. The van der Waals surface area contributed by atoms with E-state index in [1.54, 1.807) is 6.92 Å². The standard InChI is InChI=1S/C9H16O6/c1-4-5-8(11,12)9(13,14)15-7(10)6(2)3/h11-14H,2,4-5H2,1,3H3. The van der Waals surface area contributed by atoms with Crippen molar-refractivity contribution in [3.05, 3.63) is 12.2 Å². The number of carbonyl (C=O) groups is 1. The monoisotopic (exact) mass is 220 g/mol. The predicted octanol–water partition coefficient (Wildman–Crippen LogP) is -0.775. The first-order valence-electron chi connectivity index (χ1n) is 4.42. The molecular weight excluding hydrogens is 204 g/mol. The van der Waals surface area contributed by atoms with Crippen molar-refractivity contribution in [1.82, 2.24) is 0 Å². The molecule has 0 heterocycles. The van der Waals surface area contributed by atoms with E-state index >= 15 is 0 Å². The maximum atomic E-state index is 10.9. The highest BCUT2D eigenvalue weighted by Gasteiger charge is 2.50. The Morgan fingerprint density at radius 1 is 1.33 bits per heavy atom. The Bertz CT molecular complexity index is 255. The summed E-state index contributed by atoms with van der Waals surface area (Å²) < 4.78 is 4.09. The molecule has 0 spiro atoms. The third-order valence-corrected chi connectivity index (χ3v) is 1.70. The smallest absolute Gasteiger partial charge is 0.381 e. The molecule has 0 aliphatic heterocycles. The lowest BCUT2D eigenvalue weighted by Gasteiger charge is -2.33. The second-order valence-corrected chi connectivity index (χ2v) is 3.34. The van der Waals surface area contributed by atoms with Crippen LogP contribution in [0.3, 0.4) is 0 Å². The van der Waals surface area contributed by atoms with Crippen LogP contribution in [0.25, 0.3) is 0 Å². The summed E-state index contributed by atoms with van der Waals surface area (Å²) in [6.07, 6.45) is -0.0933. The Kier molecular flexibility index (Phi) is 4.42. The zero-order valence-corrected chi connectivity index (χ0v) is 8.73. The number of ether oxygens (including phenoxy) is 1. The molecule has 6 nitrogen and oxygen atoms in total. The predicted molar refractivity (Wildman–Crippen MR) is 50.2 cm³/mol. The minimum Gasteiger partial charge on any atom is -0.400 e.